The summed E-state index contributed by atoms with van der Waals surface area (Å²) < 4.78 is 1.20. The van der Waals surface area contributed by atoms with Crippen LogP contribution in [0.3, 0.4) is 0 Å². The van der Waals surface area contributed by atoms with E-state index in [1.807, 2.05) is 6.07 Å². The second kappa shape index (κ2) is 3.93. The quantitative estimate of drug-likeness (QED) is 0.750. The minimum atomic E-state index is 0.0918. The van der Waals surface area contributed by atoms with Gasteiger partial charge in [-0.2, -0.15) is 0 Å². The van der Waals surface area contributed by atoms with E-state index in [0.717, 1.165) is 16.9 Å². The van der Waals surface area contributed by atoms with E-state index >= 15 is 0 Å². The Morgan fingerprint density at radius 2 is 2.14 bits per heavy atom. The van der Waals surface area contributed by atoms with Gasteiger partial charge in [0.15, 0.2) is 0 Å². The number of hydrogen-bond donors (Lipinski definition) is 2. The standard InChI is InChI=1S/C11H12OS2/c1-2-7-6-14-11-8(5-12)3-9(13)4-10(7)11/h3-4,6,12-13H,2,5H2,1H3. The Labute approximate surface area is 92.8 Å². The van der Waals surface area contributed by atoms with Crippen LogP contribution in [-0.4, -0.2) is 5.11 Å². The molecule has 0 aliphatic carbocycles. The molecule has 0 amide bonds. The molecule has 3 heteroatoms. The number of rotatable bonds is 2. The molecular weight excluding hydrogens is 212 g/mol. The van der Waals surface area contributed by atoms with Gasteiger partial charge in [0.05, 0.1) is 6.61 Å². The molecule has 1 aromatic heterocycles. The van der Waals surface area contributed by atoms with Crippen LogP contribution in [0, 0.1) is 0 Å². The highest BCUT2D eigenvalue weighted by molar-refractivity contribution is 7.80. The summed E-state index contributed by atoms with van der Waals surface area (Å²) in [6, 6.07) is 4.01. The van der Waals surface area contributed by atoms with Crippen molar-refractivity contribution in [3.8, 4) is 0 Å². The third-order valence-electron chi connectivity index (χ3n) is 2.37. The van der Waals surface area contributed by atoms with Crippen molar-refractivity contribution < 1.29 is 5.11 Å². The smallest absolute Gasteiger partial charge is 0.0696 e. The molecule has 0 aliphatic heterocycles. The zero-order valence-corrected chi connectivity index (χ0v) is 9.66. The van der Waals surface area contributed by atoms with Crippen LogP contribution >= 0.6 is 24.0 Å². The van der Waals surface area contributed by atoms with Gasteiger partial charge in [-0.25, -0.2) is 0 Å². The van der Waals surface area contributed by atoms with Crippen molar-refractivity contribution in [2.75, 3.05) is 0 Å². The van der Waals surface area contributed by atoms with E-state index in [1.165, 1.54) is 15.6 Å². The van der Waals surface area contributed by atoms with Crippen molar-refractivity contribution in [2.24, 2.45) is 0 Å². The van der Waals surface area contributed by atoms with Crippen molar-refractivity contribution in [1.82, 2.24) is 0 Å². The molecule has 0 spiro atoms. The number of hydrogen-bond acceptors (Lipinski definition) is 3. The Morgan fingerprint density at radius 3 is 2.79 bits per heavy atom. The van der Waals surface area contributed by atoms with Crippen LogP contribution in [0.2, 0.25) is 0 Å². The molecule has 0 saturated carbocycles. The second-order valence-electron chi connectivity index (χ2n) is 3.25. The maximum Gasteiger partial charge on any atom is 0.0696 e. The van der Waals surface area contributed by atoms with E-state index < -0.39 is 0 Å². The van der Waals surface area contributed by atoms with Gasteiger partial charge in [0.1, 0.15) is 0 Å². The number of aliphatic hydroxyl groups excluding tert-OH is 1. The first-order valence-corrected chi connectivity index (χ1v) is 5.91. The van der Waals surface area contributed by atoms with Crippen molar-refractivity contribution in [1.29, 1.82) is 0 Å². The molecule has 1 N–H and O–H groups in total. The molecule has 0 unspecified atom stereocenters. The lowest BCUT2D eigenvalue weighted by molar-refractivity contribution is 0.283. The Bertz CT molecular complexity index is 460. The van der Waals surface area contributed by atoms with Gasteiger partial charge in [0.25, 0.3) is 0 Å². The van der Waals surface area contributed by atoms with Gasteiger partial charge in [-0.05, 0) is 40.4 Å². The number of thiol groups is 1. The Hall–Kier alpha value is -0.510. The van der Waals surface area contributed by atoms with E-state index in [1.54, 1.807) is 11.3 Å². The van der Waals surface area contributed by atoms with Gasteiger partial charge in [-0.1, -0.05) is 6.92 Å². The van der Waals surface area contributed by atoms with E-state index in [9.17, 15) is 5.11 Å². The van der Waals surface area contributed by atoms with Crippen molar-refractivity contribution in [3.05, 3.63) is 28.6 Å². The van der Waals surface area contributed by atoms with E-state index in [2.05, 4.69) is 31.0 Å². The lowest BCUT2D eigenvalue weighted by Gasteiger charge is -2.01. The maximum atomic E-state index is 9.21. The first-order valence-electron chi connectivity index (χ1n) is 4.59. The molecule has 14 heavy (non-hydrogen) atoms. The summed E-state index contributed by atoms with van der Waals surface area (Å²) in [6.45, 7) is 2.24. The lowest BCUT2D eigenvalue weighted by atomic mass is 10.1. The van der Waals surface area contributed by atoms with Gasteiger partial charge >= 0.3 is 0 Å². The SMILES string of the molecule is CCc1csc2c(CO)cc(S)cc12. The van der Waals surface area contributed by atoms with Crippen LogP contribution in [0.25, 0.3) is 10.1 Å². The highest BCUT2D eigenvalue weighted by atomic mass is 32.1. The maximum absolute atomic E-state index is 9.21. The molecule has 1 nitrogen and oxygen atoms in total. The topological polar surface area (TPSA) is 20.2 Å². The van der Waals surface area contributed by atoms with Crippen LogP contribution in [0.4, 0.5) is 0 Å². The highest BCUT2D eigenvalue weighted by Crippen LogP contribution is 2.31. The van der Waals surface area contributed by atoms with E-state index in [-0.39, 0.29) is 6.61 Å². The Morgan fingerprint density at radius 1 is 1.36 bits per heavy atom. The molecule has 2 rings (SSSR count). The molecule has 1 heterocycles. The molecule has 0 aliphatic rings. The summed E-state index contributed by atoms with van der Waals surface area (Å²) in [7, 11) is 0. The molecule has 0 fully saturated rings. The van der Waals surface area contributed by atoms with Crippen LogP contribution in [0.5, 0.6) is 0 Å². The summed E-state index contributed by atoms with van der Waals surface area (Å²) in [5.41, 5.74) is 2.33. The molecular formula is C11H12OS2. The molecule has 2 aromatic rings. The summed E-state index contributed by atoms with van der Waals surface area (Å²) >= 11 is 6.04. The van der Waals surface area contributed by atoms with Crippen LogP contribution in [-0.2, 0) is 13.0 Å². The van der Waals surface area contributed by atoms with Crippen LogP contribution in [0.15, 0.2) is 22.4 Å². The minimum Gasteiger partial charge on any atom is -0.392 e. The van der Waals surface area contributed by atoms with Crippen molar-refractivity contribution in [2.45, 2.75) is 24.8 Å². The number of benzene rings is 1. The Kier molecular flexibility index (Phi) is 2.81. The normalized spacial score (nSPS) is 11.1. The zero-order valence-electron chi connectivity index (χ0n) is 7.95. The number of aryl methyl sites for hydroxylation is 1. The minimum absolute atomic E-state index is 0.0918. The van der Waals surface area contributed by atoms with Gasteiger partial charge in [0, 0.05) is 9.60 Å². The Balaban J connectivity index is 2.76. The third-order valence-corrected chi connectivity index (χ3v) is 3.75. The monoisotopic (exact) mass is 224 g/mol. The van der Waals surface area contributed by atoms with E-state index in [4.69, 9.17) is 0 Å². The fourth-order valence-corrected chi connectivity index (χ4v) is 3.07. The lowest BCUT2D eigenvalue weighted by Crippen LogP contribution is -1.84. The van der Waals surface area contributed by atoms with Gasteiger partial charge in [-0.3, -0.25) is 0 Å². The number of aliphatic hydroxyl groups is 1. The van der Waals surface area contributed by atoms with Gasteiger partial charge < -0.3 is 5.11 Å². The third kappa shape index (κ3) is 1.56. The largest absolute Gasteiger partial charge is 0.392 e. The molecule has 1 aromatic carbocycles. The first kappa shape index (κ1) is 10.0. The van der Waals surface area contributed by atoms with Gasteiger partial charge in [-0.15, -0.1) is 24.0 Å². The van der Waals surface area contributed by atoms with Gasteiger partial charge in [0.2, 0.25) is 0 Å². The molecule has 0 saturated heterocycles. The predicted octanol–water partition coefficient (Wildman–Crippen LogP) is 3.24. The fourth-order valence-electron chi connectivity index (χ4n) is 1.63. The summed E-state index contributed by atoms with van der Waals surface area (Å²) in [4.78, 5) is 0.926. The predicted molar refractivity (Wildman–Crippen MR) is 64.4 cm³/mol. The summed E-state index contributed by atoms with van der Waals surface area (Å²) in [5, 5.41) is 12.6. The summed E-state index contributed by atoms with van der Waals surface area (Å²) in [6.07, 6.45) is 1.03. The second-order valence-corrected chi connectivity index (χ2v) is 4.65. The van der Waals surface area contributed by atoms with Crippen LogP contribution in [0.1, 0.15) is 18.1 Å². The fraction of sp³-hybridized carbons (Fsp3) is 0.273. The number of fused-ring (bicyclic) bond motifs is 1. The molecule has 74 valence electrons. The van der Waals surface area contributed by atoms with Crippen LogP contribution < -0.4 is 0 Å². The van der Waals surface area contributed by atoms with E-state index in [0.29, 0.717) is 0 Å². The van der Waals surface area contributed by atoms with Crippen molar-refractivity contribution >= 4 is 34.1 Å². The molecule has 0 radical (unpaired) electrons. The molecule has 0 bridgehead atoms. The average Bonchev–Trinajstić information content (AvgIpc) is 2.59. The zero-order chi connectivity index (χ0) is 10.1. The average molecular weight is 224 g/mol. The summed E-state index contributed by atoms with van der Waals surface area (Å²) in [5.74, 6) is 0. The highest BCUT2D eigenvalue weighted by Gasteiger charge is 2.07. The van der Waals surface area contributed by atoms with Crippen molar-refractivity contribution in [3.63, 3.8) is 0 Å². The molecule has 0 atom stereocenters. The number of thiophene rings is 1. The first-order chi connectivity index (χ1) is 6.76.